The van der Waals surface area contributed by atoms with Crippen molar-refractivity contribution in [1.82, 2.24) is 19.5 Å². The zero-order valence-corrected chi connectivity index (χ0v) is 30.2. The van der Waals surface area contributed by atoms with Crippen molar-refractivity contribution < 1.29 is 18.3 Å². The summed E-state index contributed by atoms with van der Waals surface area (Å²) in [6, 6.07) is 28.8. The van der Waals surface area contributed by atoms with E-state index in [1.54, 1.807) is 0 Å². The number of aromatic nitrogens is 4. The van der Waals surface area contributed by atoms with Crippen molar-refractivity contribution in [3.8, 4) is 22.9 Å². The summed E-state index contributed by atoms with van der Waals surface area (Å²) in [4.78, 5) is 14.4. The molecule has 0 spiro atoms. The Labute approximate surface area is 309 Å². The van der Waals surface area contributed by atoms with E-state index in [9.17, 15) is 0 Å². The number of ether oxygens (including phenoxy) is 2. The number of nitrogen functional groups attached to an aromatic ring is 1. The molecule has 2 N–H and O–H groups in total. The average molecular weight is 710 g/mol. The first-order valence-electron chi connectivity index (χ1n) is 19.4. The van der Waals surface area contributed by atoms with E-state index in [1.165, 1.54) is 49.0 Å². The number of oxazole rings is 2. The number of para-hydroxylation sites is 4. The molecule has 2 saturated heterocycles. The van der Waals surface area contributed by atoms with Gasteiger partial charge in [-0.3, -0.25) is 0 Å². The molecule has 0 bridgehead atoms. The second-order valence-corrected chi connectivity index (χ2v) is 14.9. The van der Waals surface area contributed by atoms with Crippen molar-refractivity contribution in [3.63, 3.8) is 0 Å². The van der Waals surface area contributed by atoms with E-state index in [1.807, 2.05) is 54.6 Å². The molecule has 1 saturated carbocycles. The fourth-order valence-electron chi connectivity index (χ4n) is 8.39. The molecule has 5 heterocycles. The Morgan fingerprint density at radius 1 is 0.604 bits per heavy atom. The number of hydrogen-bond donors (Lipinski definition) is 1. The Morgan fingerprint density at radius 3 is 1.85 bits per heavy atom. The maximum Gasteiger partial charge on any atom is 0.227 e. The molecule has 0 amide bonds. The van der Waals surface area contributed by atoms with E-state index in [4.69, 9.17) is 29.0 Å². The minimum absolute atomic E-state index is 0.482. The van der Waals surface area contributed by atoms with Gasteiger partial charge in [-0.15, -0.1) is 0 Å². The number of hydrogen-bond acceptors (Lipinski definition) is 8. The molecule has 3 fully saturated rings. The van der Waals surface area contributed by atoms with Gasteiger partial charge in [0, 0.05) is 55.2 Å². The second kappa shape index (κ2) is 15.2. The molecule has 272 valence electrons. The Morgan fingerprint density at radius 2 is 1.21 bits per heavy atom. The highest BCUT2D eigenvalue weighted by Gasteiger charge is 2.28. The van der Waals surface area contributed by atoms with Crippen LogP contribution in [0.5, 0.6) is 0 Å². The summed E-state index contributed by atoms with van der Waals surface area (Å²) < 4.78 is 25.4. The normalized spacial score (nSPS) is 17.7. The highest BCUT2D eigenvalue weighted by atomic mass is 16.5. The van der Waals surface area contributed by atoms with Crippen LogP contribution in [0.4, 0.5) is 5.69 Å². The highest BCUT2D eigenvalue weighted by molar-refractivity contribution is 5.83. The fraction of sp³-hybridized carbons (Fsp3) is 0.386. The molecule has 0 atom stereocenters. The molecular weight excluding hydrogens is 663 g/mol. The summed E-state index contributed by atoms with van der Waals surface area (Å²) in [7, 11) is 0. The molecule has 53 heavy (non-hydrogen) atoms. The van der Waals surface area contributed by atoms with Crippen molar-refractivity contribution in [2.24, 2.45) is 5.92 Å². The Kier molecular flexibility index (Phi) is 9.68. The topological polar surface area (TPSA) is 114 Å². The maximum absolute atomic E-state index is 6.27. The summed E-state index contributed by atoms with van der Waals surface area (Å²) >= 11 is 0. The summed E-state index contributed by atoms with van der Waals surface area (Å²) in [6.07, 6.45) is 11.9. The number of nitrogens with two attached hydrogens (primary N) is 1. The van der Waals surface area contributed by atoms with Gasteiger partial charge in [0.1, 0.15) is 16.9 Å². The lowest BCUT2D eigenvalue weighted by Gasteiger charge is -2.29. The second-order valence-electron chi connectivity index (χ2n) is 14.9. The summed E-state index contributed by atoms with van der Waals surface area (Å²) in [5.74, 6) is 3.81. The van der Waals surface area contributed by atoms with Crippen LogP contribution in [0, 0.1) is 5.92 Å². The Hall–Kier alpha value is -4.99. The maximum atomic E-state index is 6.27. The lowest BCUT2D eigenvalue weighted by atomic mass is 9.88. The number of anilines is 1. The van der Waals surface area contributed by atoms with E-state index < -0.39 is 0 Å². The van der Waals surface area contributed by atoms with Crippen molar-refractivity contribution in [3.05, 3.63) is 96.3 Å². The smallest absolute Gasteiger partial charge is 0.227 e. The molecule has 0 radical (unpaired) electrons. The largest absolute Gasteiger partial charge is 0.436 e. The zero-order valence-electron chi connectivity index (χ0n) is 30.2. The number of rotatable bonds is 6. The molecule has 3 aliphatic rings. The molecule has 1 aliphatic carbocycles. The quantitative estimate of drug-likeness (QED) is 0.170. The fourth-order valence-corrected chi connectivity index (χ4v) is 8.39. The minimum Gasteiger partial charge on any atom is -0.436 e. The molecule has 7 aromatic rings. The Balaban J connectivity index is 0.000000146. The van der Waals surface area contributed by atoms with Crippen LogP contribution in [-0.4, -0.2) is 45.9 Å². The first-order chi connectivity index (χ1) is 26.2. The summed E-state index contributed by atoms with van der Waals surface area (Å²) in [5, 5.41) is 0. The van der Waals surface area contributed by atoms with Crippen LogP contribution in [0.3, 0.4) is 0 Å². The van der Waals surface area contributed by atoms with Crippen molar-refractivity contribution in [2.45, 2.75) is 76.2 Å². The number of fused-ring (bicyclic) bond motifs is 3. The molecular formula is C44H47N5O4. The highest BCUT2D eigenvalue weighted by Crippen LogP contribution is 2.39. The van der Waals surface area contributed by atoms with E-state index in [-0.39, 0.29) is 0 Å². The molecule has 0 unspecified atom stereocenters. The van der Waals surface area contributed by atoms with Crippen molar-refractivity contribution >= 4 is 38.9 Å². The lowest BCUT2D eigenvalue weighted by molar-refractivity contribution is 0.0666. The monoisotopic (exact) mass is 709 g/mol. The van der Waals surface area contributed by atoms with Crippen LogP contribution in [0.15, 0.2) is 93.8 Å². The average Bonchev–Trinajstić information content (AvgIpc) is 3.95. The van der Waals surface area contributed by atoms with Crippen LogP contribution in [-0.2, 0) is 15.9 Å². The van der Waals surface area contributed by atoms with Crippen LogP contribution in [0.25, 0.3) is 56.1 Å². The van der Waals surface area contributed by atoms with Gasteiger partial charge in [-0.2, -0.15) is 0 Å². The van der Waals surface area contributed by atoms with Crippen LogP contribution >= 0.6 is 0 Å². The van der Waals surface area contributed by atoms with Crippen LogP contribution < -0.4 is 5.73 Å². The van der Waals surface area contributed by atoms with Crippen LogP contribution in [0.1, 0.15) is 81.1 Å². The third kappa shape index (κ3) is 7.20. The summed E-state index contributed by atoms with van der Waals surface area (Å²) in [6.45, 7) is 3.42. The molecule has 10 rings (SSSR count). The van der Waals surface area contributed by atoms with Crippen molar-refractivity contribution in [1.29, 1.82) is 0 Å². The third-order valence-electron chi connectivity index (χ3n) is 11.3. The molecule has 2 aliphatic heterocycles. The minimum atomic E-state index is 0.482. The number of nitrogens with zero attached hydrogens (tertiary/aromatic N) is 4. The zero-order chi connectivity index (χ0) is 35.6. The van der Waals surface area contributed by atoms with Gasteiger partial charge in [-0.05, 0) is 111 Å². The van der Waals surface area contributed by atoms with Gasteiger partial charge in [0.2, 0.25) is 11.8 Å². The van der Waals surface area contributed by atoms with E-state index in [2.05, 4.69) is 44.9 Å². The van der Waals surface area contributed by atoms with Gasteiger partial charge in [0.05, 0.1) is 11.0 Å². The molecule has 9 nitrogen and oxygen atoms in total. The third-order valence-corrected chi connectivity index (χ3v) is 11.3. The molecule has 9 heteroatoms. The van der Waals surface area contributed by atoms with Gasteiger partial charge in [0.25, 0.3) is 0 Å². The predicted octanol–water partition coefficient (Wildman–Crippen LogP) is 10.3. The van der Waals surface area contributed by atoms with Gasteiger partial charge in [0.15, 0.2) is 11.2 Å². The van der Waals surface area contributed by atoms with Gasteiger partial charge >= 0.3 is 0 Å². The SMILES string of the molecule is Nc1cc(-c2nc3ccccc3o2)ccc1CC1CCOCC1.c1ccc2oc(-c3ccc4c(c3)nc(C3CCCCC3)n4C3CCOCC3)nc2c1. The van der Waals surface area contributed by atoms with Crippen molar-refractivity contribution in [2.75, 3.05) is 32.2 Å². The lowest BCUT2D eigenvalue weighted by Crippen LogP contribution is -2.23. The van der Waals surface area contributed by atoms with E-state index >= 15 is 0 Å². The van der Waals surface area contributed by atoms with Gasteiger partial charge in [-0.25, -0.2) is 15.0 Å². The Bertz CT molecular complexity index is 2260. The summed E-state index contributed by atoms with van der Waals surface area (Å²) in [5.41, 5.74) is 15.9. The van der Waals surface area contributed by atoms with E-state index in [0.29, 0.717) is 29.7 Å². The first-order valence-corrected chi connectivity index (χ1v) is 19.4. The number of benzene rings is 4. The number of imidazole rings is 1. The molecule has 4 aromatic carbocycles. The van der Waals surface area contributed by atoms with Crippen LogP contribution in [0.2, 0.25) is 0 Å². The van der Waals surface area contributed by atoms with E-state index in [0.717, 1.165) is 103 Å². The standard InChI is InChI=1S/C25H27N3O2.C19H20N2O2/c1-2-6-17(7-3-1)24-26-21-16-18(25-27-20-8-4-5-9-23(20)30-25)10-11-22(21)28(24)19-12-14-29-15-13-19;20-16-12-15(19-21-17-3-1-2-4-18(17)23-19)6-5-14(16)11-13-7-9-22-10-8-13/h4-5,8-11,16-17,19H,1-3,6-7,12-15H2;1-6,12-13H,7-11,20H2. The first kappa shape index (κ1) is 33.8. The molecule has 3 aromatic heterocycles. The van der Waals surface area contributed by atoms with Gasteiger partial charge in [-0.1, -0.05) is 49.6 Å². The predicted molar refractivity (Wildman–Crippen MR) is 209 cm³/mol. The van der Waals surface area contributed by atoms with Gasteiger partial charge < -0.3 is 28.6 Å².